The first-order valence-electron chi connectivity index (χ1n) is 12.9. The molecular weight excluding hydrogens is 637 g/mol. The Bertz CT molecular complexity index is 1540. The average Bonchev–Trinajstić information content (AvgIpc) is 3.42. The van der Waals surface area contributed by atoms with Gasteiger partial charge < -0.3 is 18.8 Å². The van der Waals surface area contributed by atoms with E-state index in [0.29, 0.717) is 29.4 Å². The van der Waals surface area contributed by atoms with Crippen LogP contribution in [0.5, 0.6) is 11.5 Å². The molecule has 0 spiro atoms. The Morgan fingerprint density at radius 2 is 1.95 bits per heavy atom. The molecule has 5 rings (SSSR count). The van der Waals surface area contributed by atoms with Crippen LogP contribution >= 0.6 is 35.0 Å². The zero-order valence-corrected chi connectivity index (χ0v) is 25.4. The average molecular weight is 665 g/mol. The number of nitrogens with one attached hydrogen (secondary N) is 1. The second-order valence-electron chi connectivity index (χ2n) is 9.76. The quantitative estimate of drug-likeness (QED) is 0.260. The lowest BCUT2D eigenvalue weighted by molar-refractivity contribution is -0.377. The summed E-state index contributed by atoms with van der Waals surface area (Å²) >= 11 is 13.9. The first-order valence-corrected chi connectivity index (χ1v) is 16.2. The number of imidazole rings is 1. The SMILES string of the molecule is Cn1ccnc1S(=O)(=O)N1CCS[C@H]1C(=O)O[C@@H](Cc1c(Cl)c[nH+]cc1Cl)c1ccc(OC(F)F)c(OCC2CC2)c1. The molecule has 3 aromatic rings. The molecule has 2 fully saturated rings. The van der Waals surface area contributed by atoms with Crippen LogP contribution in [0.25, 0.3) is 0 Å². The number of hydrogen-bond acceptors (Lipinski definition) is 8. The van der Waals surface area contributed by atoms with Gasteiger partial charge in [0.15, 0.2) is 29.3 Å². The molecule has 16 heteroatoms. The van der Waals surface area contributed by atoms with Gasteiger partial charge in [-0.05, 0) is 36.5 Å². The van der Waals surface area contributed by atoms with Gasteiger partial charge in [-0.3, -0.25) is 0 Å². The third-order valence-electron chi connectivity index (χ3n) is 6.74. The minimum atomic E-state index is -4.12. The van der Waals surface area contributed by atoms with Crippen molar-refractivity contribution in [1.29, 1.82) is 0 Å². The number of aryl methyl sites for hydroxylation is 1. The molecule has 0 bridgehead atoms. The molecule has 1 aliphatic heterocycles. The normalized spacial score (nSPS) is 18.3. The molecule has 1 saturated heterocycles. The molecule has 1 aromatic carbocycles. The Kier molecular flexibility index (Phi) is 9.47. The van der Waals surface area contributed by atoms with Gasteiger partial charge in [0.2, 0.25) is 5.16 Å². The zero-order chi connectivity index (χ0) is 30.0. The lowest BCUT2D eigenvalue weighted by Crippen LogP contribution is -2.41. The molecule has 10 nitrogen and oxygen atoms in total. The summed E-state index contributed by atoms with van der Waals surface area (Å²) in [7, 11) is -2.57. The summed E-state index contributed by atoms with van der Waals surface area (Å²) in [6, 6.07) is 4.26. The summed E-state index contributed by atoms with van der Waals surface area (Å²) in [5, 5.41) is -0.830. The standard InChI is InChI=1S/C26H26Cl2F2N4O6S2/c1-33-7-6-32-26(33)42(36,37)34-8-9-41-23(34)24(35)39-21(11-17-18(27)12-31-13-19(17)28)16-4-5-20(40-25(29)30)22(10-16)38-14-15-2-3-15/h4-7,10,12-13,15,21,23,25H,2-3,8-9,11,14H2,1H3/p+1/t21-,23-/m0/s1. The lowest BCUT2D eigenvalue weighted by atomic mass is 10.0. The van der Waals surface area contributed by atoms with Gasteiger partial charge in [-0.25, -0.2) is 23.2 Å². The van der Waals surface area contributed by atoms with Crippen molar-refractivity contribution in [2.45, 2.75) is 42.5 Å². The maximum absolute atomic E-state index is 13.6. The van der Waals surface area contributed by atoms with Crippen LogP contribution < -0.4 is 14.5 Å². The topological polar surface area (TPSA) is 114 Å². The number of carbonyl (C=O) groups is 1. The smallest absolute Gasteiger partial charge is 0.387 e. The van der Waals surface area contributed by atoms with Crippen molar-refractivity contribution in [3.63, 3.8) is 0 Å². The van der Waals surface area contributed by atoms with E-state index in [0.717, 1.165) is 28.9 Å². The van der Waals surface area contributed by atoms with Crippen molar-refractivity contribution in [2.24, 2.45) is 13.0 Å². The van der Waals surface area contributed by atoms with Crippen LogP contribution in [0.4, 0.5) is 8.78 Å². The fourth-order valence-corrected chi connectivity index (χ4v) is 8.06. The van der Waals surface area contributed by atoms with Crippen molar-refractivity contribution >= 4 is 51.0 Å². The molecule has 226 valence electrons. The Morgan fingerprint density at radius 3 is 2.60 bits per heavy atom. The highest BCUT2D eigenvalue weighted by molar-refractivity contribution is 8.02. The van der Waals surface area contributed by atoms with E-state index >= 15 is 0 Å². The van der Waals surface area contributed by atoms with Gasteiger partial charge in [0.05, 0.1) is 6.61 Å². The number of halogens is 4. The van der Waals surface area contributed by atoms with Crippen LogP contribution in [-0.4, -0.2) is 59.1 Å². The number of thioether (sulfide) groups is 1. The number of nitrogens with zero attached hydrogens (tertiary/aromatic N) is 3. The van der Waals surface area contributed by atoms with Gasteiger partial charge in [-0.2, -0.15) is 13.1 Å². The van der Waals surface area contributed by atoms with Crippen LogP contribution in [0.15, 0.2) is 48.1 Å². The van der Waals surface area contributed by atoms with Crippen molar-refractivity contribution in [3.8, 4) is 11.5 Å². The Balaban J connectivity index is 1.46. The van der Waals surface area contributed by atoms with Crippen LogP contribution in [-0.2, 0) is 33.0 Å². The highest BCUT2D eigenvalue weighted by atomic mass is 35.5. The van der Waals surface area contributed by atoms with Crippen molar-refractivity contribution in [2.75, 3.05) is 18.9 Å². The number of carbonyl (C=O) groups excluding carboxylic acids is 1. The highest BCUT2D eigenvalue weighted by Gasteiger charge is 2.43. The number of pyridine rings is 1. The van der Waals surface area contributed by atoms with Crippen LogP contribution in [0.1, 0.15) is 30.1 Å². The molecule has 2 aromatic heterocycles. The summed E-state index contributed by atoms with van der Waals surface area (Å²) in [5.74, 6) is -0.231. The van der Waals surface area contributed by atoms with E-state index in [1.807, 2.05) is 0 Å². The van der Waals surface area contributed by atoms with Gasteiger partial charge >= 0.3 is 12.6 Å². The van der Waals surface area contributed by atoms with Gasteiger partial charge in [-0.15, -0.1) is 11.8 Å². The third kappa shape index (κ3) is 6.94. The number of ether oxygens (including phenoxy) is 3. The largest absolute Gasteiger partial charge is 0.489 e. The molecule has 1 aliphatic carbocycles. The van der Waals surface area contributed by atoms with Gasteiger partial charge in [-0.1, -0.05) is 29.3 Å². The zero-order valence-electron chi connectivity index (χ0n) is 22.2. The highest BCUT2D eigenvalue weighted by Crippen LogP contribution is 2.39. The second-order valence-corrected chi connectivity index (χ2v) is 13.5. The number of H-pyrrole nitrogens is 1. The van der Waals surface area contributed by atoms with E-state index < -0.39 is 34.1 Å². The molecule has 42 heavy (non-hydrogen) atoms. The fourth-order valence-electron chi connectivity index (χ4n) is 4.40. The van der Waals surface area contributed by atoms with E-state index in [1.54, 1.807) is 7.05 Å². The molecule has 2 atom stereocenters. The van der Waals surface area contributed by atoms with Crippen molar-refractivity contribution < 1.29 is 41.2 Å². The summed E-state index contributed by atoms with van der Waals surface area (Å²) in [5.41, 5.74) is 0.844. The monoisotopic (exact) mass is 663 g/mol. The van der Waals surface area contributed by atoms with Crippen LogP contribution in [0, 0.1) is 5.92 Å². The van der Waals surface area contributed by atoms with Gasteiger partial charge in [0.25, 0.3) is 10.0 Å². The maximum Gasteiger partial charge on any atom is 0.387 e. The maximum atomic E-state index is 13.6. The van der Waals surface area contributed by atoms with E-state index in [4.69, 9.17) is 32.7 Å². The molecule has 1 saturated carbocycles. The minimum Gasteiger partial charge on any atom is -0.489 e. The van der Waals surface area contributed by atoms with E-state index in [1.165, 1.54) is 47.6 Å². The summed E-state index contributed by atoms with van der Waals surface area (Å²) in [6.45, 7) is -2.68. The van der Waals surface area contributed by atoms with Gasteiger partial charge in [0.1, 0.15) is 16.1 Å². The number of benzene rings is 1. The predicted octanol–water partition coefficient (Wildman–Crippen LogP) is 4.52. The van der Waals surface area contributed by atoms with E-state index in [9.17, 15) is 22.0 Å². The van der Waals surface area contributed by atoms with E-state index in [2.05, 4.69) is 14.7 Å². The first-order chi connectivity index (χ1) is 20.0. The summed E-state index contributed by atoms with van der Waals surface area (Å²) < 4.78 is 71.8. The summed E-state index contributed by atoms with van der Waals surface area (Å²) in [6.07, 6.45) is 6.78. The Hall–Kier alpha value is -2.65. The molecule has 3 heterocycles. The number of sulfonamides is 1. The molecule has 1 N–H and O–H groups in total. The number of hydrogen-bond donors (Lipinski definition) is 0. The Morgan fingerprint density at radius 1 is 1.21 bits per heavy atom. The number of aromatic nitrogens is 3. The molecule has 0 radical (unpaired) electrons. The molecule has 0 unspecified atom stereocenters. The molecular formula is C26H27Cl2F2N4O6S2+. The Labute approximate surface area is 255 Å². The van der Waals surface area contributed by atoms with Crippen molar-refractivity contribution in [3.05, 3.63) is 64.2 Å². The molecule has 0 amide bonds. The predicted molar refractivity (Wildman–Crippen MR) is 150 cm³/mol. The minimum absolute atomic E-state index is 0.00128. The summed E-state index contributed by atoms with van der Waals surface area (Å²) in [4.78, 5) is 20.4. The van der Waals surface area contributed by atoms with E-state index in [-0.39, 0.29) is 39.7 Å². The number of rotatable bonds is 12. The number of aromatic amines is 1. The third-order valence-corrected chi connectivity index (χ3v) is 10.6. The molecule has 2 aliphatic rings. The van der Waals surface area contributed by atoms with Crippen LogP contribution in [0.2, 0.25) is 10.0 Å². The van der Waals surface area contributed by atoms with Gasteiger partial charge in [0, 0.05) is 43.7 Å². The van der Waals surface area contributed by atoms with Crippen molar-refractivity contribution in [1.82, 2.24) is 13.9 Å². The number of esters is 1. The van der Waals surface area contributed by atoms with Crippen LogP contribution in [0.3, 0.4) is 0 Å². The second kappa shape index (κ2) is 12.9. The lowest BCUT2D eigenvalue weighted by Gasteiger charge is -2.25. The number of alkyl halides is 2. The first kappa shape index (κ1) is 30.8. The fraction of sp³-hybridized carbons (Fsp3) is 0.423.